The first-order chi connectivity index (χ1) is 12.1. The maximum atomic E-state index is 12.7. The zero-order chi connectivity index (χ0) is 17.4. The summed E-state index contributed by atoms with van der Waals surface area (Å²) < 4.78 is 5.47. The zero-order valence-electron chi connectivity index (χ0n) is 14.1. The first-order valence-electron chi connectivity index (χ1n) is 8.28. The molecule has 1 aliphatic heterocycles. The van der Waals surface area contributed by atoms with Crippen LogP contribution >= 0.6 is 0 Å². The highest BCUT2D eigenvalue weighted by Crippen LogP contribution is 2.34. The van der Waals surface area contributed by atoms with Gasteiger partial charge in [0.1, 0.15) is 11.5 Å². The van der Waals surface area contributed by atoms with Gasteiger partial charge >= 0.3 is 0 Å². The Hall–Kier alpha value is -3.02. The molecule has 0 fully saturated rings. The molecule has 3 heterocycles. The van der Waals surface area contributed by atoms with Gasteiger partial charge in [-0.1, -0.05) is 19.9 Å². The number of rotatable bonds is 3. The van der Waals surface area contributed by atoms with Crippen molar-refractivity contribution in [2.75, 3.05) is 0 Å². The lowest BCUT2D eigenvalue weighted by Crippen LogP contribution is -2.30. The summed E-state index contributed by atoms with van der Waals surface area (Å²) in [6.07, 6.45) is 5.57. The molecule has 0 radical (unpaired) electrons. The molecular formula is C19H18N4O2. The molecule has 3 aromatic rings. The number of benzene rings is 1. The third-order valence-electron chi connectivity index (χ3n) is 4.31. The minimum atomic E-state index is -0.165. The summed E-state index contributed by atoms with van der Waals surface area (Å²) in [5.41, 5.74) is 3.41. The number of carbonyl (C=O) groups is 1. The van der Waals surface area contributed by atoms with Crippen molar-refractivity contribution in [3.05, 3.63) is 60.3 Å². The Morgan fingerprint density at radius 2 is 2.00 bits per heavy atom. The summed E-state index contributed by atoms with van der Waals surface area (Å²) >= 11 is 0. The fourth-order valence-electron chi connectivity index (χ4n) is 3.02. The van der Waals surface area contributed by atoms with E-state index in [1.54, 1.807) is 23.7 Å². The number of nitrogens with zero attached hydrogens (tertiary/aromatic N) is 4. The maximum Gasteiger partial charge on any atom is 0.245 e. The van der Waals surface area contributed by atoms with Crippen LogP contribution in [-0.2, 0) is 4.79 Å². The lowest BCUT2D eigenvalue weighted by molar-refractivity contribution is -0.136. The van der Waals surface area contributed by atoms with Crippen molar-refractivity contribution in [2.24, 2.45) is 11.0 Å². The average Bonchev–Trinajstić information content (AvgIpc) is 3.30. The molecule has 1 aliphatic rings. The summed E-state index contributed by atoms with van der Waals surface area (Å²) in [5.74, 6) is 0.554. The lowest BCUT2D eigenvalue weighted by atomic mass is 9.99. The van der Waals surface area contributed by atoms with Gasteiger partial charge in [-0.05, 0) is 29.8 Å². The minimum absolute atomic E-state index is 0.00852. The van der Waals surface area contributed by atoms with E-state index in [1.807, 2.05) is 44.2 Å². The molecule has 6 heteroatoms. The second kappa shape index (κ2) is 6.12. The van der Waals surface area contributed by atoms with Crippen LogP contribution in [0.3, 0.4) is 0 Å². The Kier molecular flexibility index (Phi) is 3.80. The van der Waals surface area contributed by atoms with Crippen LogP contribution < -0.4 is 0 Å². The van der Waals surface area contributed by atoms with Gasteiger partial charge in [-0.3, -0.25) is 14.8 Å². The van der Waals surface area contributed by atoms with Gasteiger partial charge in [-0.15, -0.1) is 0 Å². The molecule has 1 unspecified atom stereocenters. The molecule has 0 bridgehead atoms. The summed E-state index contributed by atoms with van der Waals surface area (Å²) in [5, 5.41) is 6.14. The van der Waals surface area contributed by atoms with E-state index in [0.29, 0.717) is 12.2 Å². The van der Waals surface area contributed by atoms with Crippen LogP contribution in [0, 0.1) is 5.92 Å². The van der Waals surface area contributed by atoms with Gasteiger partial charge < -0.3 is 4.42 Å². The van der Waals surface area contributed by atoms with Crippen molar-refractivity contribution in [2.45, 2.75) is 26.3 Å². The number of amides is 1. The summed E-state index contributed by atoms with van der Waals surface area (Å²) in [6.45, 7) is 3.76. The van der Waals surface area contributed by atoms with Crippen LogP contribution in [0.15, 0.2) is 58.5 Å². The highest BCUT2D eigenvalue weighted by atomic mass is 16.3. The predicted octanol–water partition coefficient (Wildman–Crippen LogP) is 3.56. The van der Waals surface area contributed by atoms with Crippen LogP contribution in [0.2, 0.25) is 0 Å². The highest BCUT2D eigenvalue weighted by Gasteiger charge is 2.35. The Bertz CT molecular complexity index is 947. The molecule has 126 valence electrons. The number of carbonyl (C=O) groups excluding carboxylic acids is 1. The standard InChI is InChI=1S/C19H18N4O2/c1-12(2)19(24)23-17(11-16(22-23)18-4-3-9-25-18)13-5-6-14-15(10-13)21-8-7-20-14/h3-10,12,17H,11H2,1-2H3. The second-order valence-corrected chi connectivity index (χ2v) is 6.39. The topological polar surface area (TPSA) is 71.6 Å². The van der Waals surface area contributed by atoms with Gasteiger partial charge in [0.2, 0.25) is 5.91 Å². The first kappa shape index (κ1) is 15.5. The number of hydrogen-bond donors (Lipinski definition) is 0. The van der Waals surface area contributed by atoms with Crippen molar-refractivity contribution >= 4 is 22.7 Å². The van der Waals surface area contributed by atoms with E-state index in [0.717, 1.165) is 22.3 Å². The molecule has 0 saturated carbocycles. The fraction of sp³-hybridized carbons (Fsp3) is 0.263. The normalized spacial score (nSPS) is 17.3. The second-order valence-electron chi connectivity index (χ2n) is 6.39. The van der Waals surface area contributed by atoms with Crippen molar-refractivity contribution < 1.29 is 9.21 Å². The van der Waals surface area contributed by atoms with Crippen molar-refractivity contribution in [1.82, 2.24) is 15.0 Å². The SMILES string of the molecule is CC(C)C(=O)N1N=C(c2ccco2)CC1c1ccc2nccnc2c1. The Morgan fingerprint density at radius 3 is 2.72 bits per heavy atom. The van der Waals surface area contributed by atoms with Crippen LogP contribution in [0.5, 0.6) is 0 Å². The quantitative estimate of drug-likeness (QED) is 0.734. The number of hydrazone groups is 1. The minimum Gasteiger partial charge on any atom is -0.463 e. The zero-order valence-corrected chi connectivity index (χ0v) is 14.1. The Morgan fingerprint density at radius 1 is 1.20 bits per heavy atom. The largest absolute Gasteiger partial charge is 0.463 e. The van der Waals surface area contributed by atoms with E-state index >= 15 is 0 Å². The summed E-state index contributed by atoms with van der Waals surface area (Å²) in [7, 11) is 0. The molecule has 0 saturated heterocycles. The van der Waals surface area contributed by atoms with Crippen molar-refractivity contribution in [1.29, 1.82) is 0 Å². The molecular weight excluding hydrogens is 316 g/mol. The summed E-state index contributed by atoms with van der Waals surface area (Å²) in [4.78, 5) is 21.3. The van der Waals surface area contributed by atoms with E-state index in [9.17, 15) is 4.79 Å². The molecule has 0 N–H and O–H groups in total. The fourth-order valence-corrected chi connectivity index (χ4v) is 3.02. The smallest absolute Gasteiger partial charge is 0.245 e. The van der Waals surface area contributed by atoms with Gasteiger partial charge in [0.25, 0.3) is 0 Å². The monoisotopic (exact) mass is 334 g/mol. The molecule has 1 aromatic carbocycles. The van der Waals surface area contributed by atoms with E-state index < -0.39 is 0 Å². The highest BCUT2D eigenvalue weighted by molar-refractivity contribution is 6.01. The third kappa shape index (κ3) is 2.80. The molecule has 0 aliphatic carbocycles. The number of furan rings is 1. The van der Waals surface area contributed by atoms with Gasteiger partial charge in [-0.2, -0.15) is 5.10 Å². The summed E-state index contributed by atoms with van der Waals surface area (Å²) in [6, 6.07) is 9.43. The van der Waals surface area contributed by atoms with Gasteiger partial charge in [0, 0.05) is 24.7 Å². The van der Waals surface area contributed by atoms with Crippen LogP contribution in [0.1, 0.15) is 37.6 Å². The molecule has 1 amide bonds. The third-order valence-corrected chi connectivity index (χ3v) is 4.31. The van der Waals surface area contributed by atoms with Crippen molar-refractivity contribution in [3.8, 4) is 0 Å². The van der Waals surface area contributed by atoms with Gasteiger partial charge in [-0.25, -0.2) is 5.01 Å². The van der Waals surface area contributed by atoms with Crippen LogP contribution in [0.4, 0.5) is 0 Å². The van der Waals surface area contributed by atoms with Gasteiger partial charge in [0.05, 0.1) is 23.3 Å². The molecule has 0 spiro atoms. The van der Waals surface area contributed by atoms with E-state index in [-0.39, 0.29) is 17.9 Å². The van der Waals surface area contributed by atoms with Gasteiger partial charge in [0.15, 0.2) is 0 Å². The first-order valence-corrected chi connectivity index (χ1v) is 8.28. The average molecular weight is 334 g/mol. The number of aromatic nitrogens is 2. The lowest BCUT2D eigenvalue weighted by Gasteiger charge is -2.23. The number of fused-ring (bicyclic) bond motifs is 1. The Labute approximate surface area is 145 Å². The number of hydrogen-bond acceptors (Lipinski definition) is 5. The van der Waals surface area contributed by atoms with E-state index in [4.69, 9.17) is 4.42 Å². The Balaban J connectivity index is 1.74. The molecule has 1 atom stereocenters. The molecule has 4 rings (SSSR count). The van der Waals surface area contributed by atoms with E-state index in [1.165, 1.54) is 0 Å². The van der Waals surface area contributed by atoms with Crippen molar-refractivity contribution in [3.63, 3.8) is 0 Å². The molecule has 6 nitrogen and oxygen atoms in total. The molecule has 2 aromatic heterocycles. The molecule has 25 heavy (non-hydrogen) atoms. The van der Waals surface area contributed by atoms with Crippen LogP contribution in [-0.4, -0.2) is 26.6 Å². The van der Waals surface area contributed by atoms with E-state index in [2.05, 4.69) is 15.1 Å². The maximum absolute atomic E-state index is 12.7. The van der Waals surface area contributed by atoms with Crippen LogP contribution in [0.25, 0.3) is 11.0 Å². The predicted molar refractivity (Wildman–Crippen MR) is 93.8 cm³/mol.